The number of nitrogens with one attached hydrogen (secondary N) is 1. The molecule has 0 spiro atoms. The number of ether oxygens (including phenoxy) is 1. The Morgan fingerprint density at radius 1 is 1.40 bits per heavy atom. The van der Waals surface area contributed by atoms with Gasteiger partial charge in [0.1, 0.15) is 18.1 Å². The molecule has 1 aliphatic rings. The third-order valence-electron chi connectivity index (χ3n) is 4.16. The van der Waals surface area contributed by atoms with E-state index < -0.39 is 0 Å². The van der Waals surface area contributed by atoms with E-state index in [2.05, 4.69) is 25.2 Å². The molecule has 3 heteroatoms. The van der Waals surface area contributed by atoms with Crippen LogP contribution in [0.2, 0.25) is 0 Å². The molecule has 3 nitrogen and oxygen atoms in total. The molecule has 0 amide bonds. The Hall–Kier alpha value is -0.800. The van der Waals surface area contributed by atoms with E-state index in [9.17, 15) is 0 Å². The Bertz CT molecular complexity index is 400. The van der Waals surface area contributed by atoms with Crippen LogP contribution in [-0.2, 0) is 17.9 Å². The molecule has 2 atom stereocenters. The molecular formula is C17H29NO2. The van der Waals surface area contributed by atoms with Crippen LogP contribution in [0.5, 0.6) is 0 Å². The fraction of sp³-hybridized carbons (Fsp3) is 0.765. The first-order valence-corrected chi connectivity index (χ1v) is 8.09. The molecular weight excluding hydrogens is 250 g/mol. The molecule has 0 bridgehead atoms. The topological polar surface area (TPSA) is 34.4 Å². The van der Waals surface area contributed by atoms with Gasteiger partial charge in [-0.05, 0) is 44.7 Å². The summed E-state index contributed by atoms with van der Waals surface area (Å²) in [6, 6.07) is 2.14. The maximum atomic E-state index is 6.02. The highest BCUT2D eigenvalue weighted by Gasteiger charge is 2.19. The Labute approximate surface area is 123 Å². The van der Waals surface area contributed by atoms with E-state index >= 15 is 0 Å². The molecule has 1 fully saturated rings. The van der Waals surface area contributed by atoms with Crippen molar-refractivity contribution < 1.29 is 9.15 Å². The van der Waals surface area contributed by atoms with Gasteiger partial charge in [-0.15, -0.1) is 0 Å². The van der Waals surface area contributed by atoms with Crippen LogP contribution >= 0.6 is 0 Å². The van der Waals surface area contributed by atoms with Crippen molar-refractivity contribution in [1.82, 2.24) is 5.32 Å². The summed E-state index contributed by atoms with van der Waals surface area (Å²) < 4.78 is 11.8. The van der Waals surface area contributed by atoms with E-state index in [1.807, 2.05) is 6.92 Å². The summed E-state index contributed by atoms with van der Waals surface area (Å²) in [5.41, 5.74) is 1.26. The molecule has 0 aromatic carbocycles. The Morgan fingerprint density at radius 2 is 2.25 bits per heavy atom. The number of hydrogen-bond acceptors (Lipinski definition) is 3. The summed E-state index contributed by atoms with van der Waals surface area (Å²) in [7, 11) is 0. The summed E-state index contributed by atoms with van der Waals surface area (Å²) in [5.74, 6) is 2.79. The summed E-state index contributed by atoms with van der Waals surface area (Å²) >= 11 is 0. The molecule has 20 heavy (non-hydrogen) atoms. The third-order valence-corrected chi connectivity index (χ3v) is 4.16. The van der Waals surface area contributed by atoms with E-state index in [0.29, 0.717) is 12.7 Å². The molecule has 114 valence electrons. The van der Waals surface area contributed by atoms with Crippen molar-refractivity contribution in [2.75, 3.05) is 6.54 Å². The van der Waals surface area contributed by atoms with Gasteiger partial charge in [0.25, 0.3) is 0 Å². The quantitative estimate of drug-likeness (QED) is 0.760. The Morgan fingerprint density at radius 3 is 3.00 bits per heavy atom. The molecule has 1 aliphatic carbocycles. The van der Waals surface area contributed by atoms with E-state index in [1.165, 1.54) is 31.2 Å². The molecule has 1 heterocycles. The first kappa shape index (κ1) is 15.6. The predicted molar refractivity (Wildman–Crippen MR) is 81.7 cm³/mol. The minimum absolute atomic E-state index is 0.422. The standard InChI is InChI=1S/C17H29NO2/c1-4-8-18-11-15-10-17(20-14(15)3)12-19-16-7-5-6-13(2)9-16/h10,13,16,18H,4-9,11-12H2,1-3H3. The Kier molecular flexibility index (Phi) is 6.11. The molecule has 0 aliphatic heterocycles. The van der Waals surface area contributed by atoms with Crippen LogP contribution in [0, 0.1) is 12.8 Å². The van der Waals surface area contributed by atoms with Crippen molar-refractivity contribution in [1.29, 1.82) is 0 Å². The zero-order chi connectivity index (χ0) is 14.4. The first-order valence-electron chi connectivity index (χ1n) is 8.09. The van der Waals surface area contributed by atoms with E-state index in [4.69, 9.17) is 9.15 Å². The predicted octanol–water partition coefficient (Wildman–Crippen LogP) is 4.18. The maximum Gasteiger partial charge on any atom is 0.130 e. The van der Waals surface area contributed by atoms with Crippen molar-refractivity contribution in [3.05, 3.63) is 23.2 Å². The van der Waals surface area contributed by atoms with Crippen LogP contribution in [0.3, 0.4) is 0 Å². The largest absolute Gasteiger partial charge is 0.464 e. The highest BCUT2D eigenvalue weighted by atomic mass is 16.5. The van der Waals surface area contributed by atoms with Gasteiger partial charge in [-0.3, -0.25) is 0 Å². The van der Waals surface area contributed by atoms with Gasteiger partial charge in [-0.1, -0.05) is 26.7 Å². The second-order valence-corrected chi connectivity index (χ2v) is 6.18. The number of hydrogen-bond donors (Lipinski definition) is 1. The summed E-state index contributed by atoms with van der Waals surface area (Å²) in [6.45, 7) is 9.10. The van der Waals surface area contributed by atoms with Crippen LogP contribution in [0.15, 0.2) is 10.5 Å². The fourth-order valence-electron chi connectivity index (χ4n) is 2.96. The zero-order valence-electron chi connectivity index (χ0n) is 13.2. The average molecular weight is 279 g/mol. The lowest BCUT2D eigenvalue weighted by Gasteiger charge is -2.26. The number of rotatable bonds is 7. The van der Waals surface area contributed by atoms with Gasteiger partial charge in [-0.2, -0.15) is 0 Å². The lowest BCUT2D eigenvalue weighted by Crippen LogP contribution is -2.21. The molecule has 2 unspecified atom stereocenters. The second kappa shape index (κ2) is 7.84. The monoisotopic (exact) mass is 279 g/mol. The van der Waals surface area contributed by atoms with Gasteiger partial charge in [0.05, 0.1) is 6.10 Å². The molecule has 1 saturated carbocycles. The molecule has 1 aromatic heterocycles. The zero-order valence-corrected chi connectivity index (χ0v) is 13.2. The maximum absolute atomic E-state index is 6.02. The van der Waals surface area contributed by atoms with Gasteiger partial charge < -0.3 is 14.5 Å². The van der Waals surface area contributed by atoms with E-state index in [0.717, 1.165) is 36.9 Å². The van der Waals surface area contributed by atoms with Crippen LogP contribution in [-0.4, -0.2) is 12.6 Å². The van der Waals surface area contributed by atoms with Crippen molar-refractivity contribution in [3.8, 4) is 0 Å². The summed E-state index contributed by atoms with van der Waals surface area (Å²) in [5, 5.41) is 3.42. The van der Waals surface area contributed by atoms with Crippen molar-refractivity contribution in [2.24, 2.45) is 5.92 Å². The number of furan rings is 1. The van der Waals surface area contributed by atoms with Crippen LogP contribution in [0.4, 0.5) is 0 Å². The SMILES string of the molecule is CCCNCc1cc(COC2CCCC(C)C2)oc1C. The first-order chi connectivity index (χ1) is 9.69. The summed E-state index contributed by atoms with van der Waals surface area (Å²) in [6.07, 6.45) is 6.64. The van der Waals surface area contributed by atoms with Crippen molar-refractivity contribution in [2.45, 2.75) is 72.1 Å². The minimum Gasteiger partial charge on any atom is -0.464 e. The molecule has 0 saturated heterocycles. The lowest BCUT2D eigenvalue weighted by molar-refractivity contribution is -0.00287. The highest BCUT2D eigenvalue weighted by Crippen LogP contribution is 2.26. The smallest absolute Gasteiger partial charge is 0.130 e. The molecule has 2 rings (SSSR count). The third kappa shape index (κ3) is 4.64. The summed E-state index contributed by atoms with van der Waals surface area (Å²) in [4.78, 5) is 0. The van der Waals surface area contributed by atoms with Gasteiger partial charge in [0, 0.05) is 12.1 Å². The van der Waals surface area contributed by atoms with Crippen molar-refractivity contribution in [3.63, 3.8) is 0 Å². The normalized spacial score (nSPS) is 23.1. The lowest BCUT2D eigenvalue weighted by atomic mass is 9.89. The van der Waals surface area contributed by atoms with Crippen molar-refractivity contribution >= 4 is 0 Å². The average Bonchev–Trinajstić information content (AvgIpc) is 2.78. The van der Waals surface area contributed by atoms with Gasteiger partial charge in [0.2, 0.25) is 0 Å². The van der Waals surface area contributed by atoms with Gasteiger partial charge in [0.15, 0.2) is 0 Å². The van der Waals surface area contributed by atoms with Crippen LogP contribution < -0.4 is 5.32 Å². The van der Waals surface area contributed by atoms with E-state index in [-0.39, 0.29) is 0 Å². The van der Waals surface area contributed by atoms with Gasteiger partial charge >= 0.3 is 0 Å². The van der Waals surface area contributed by atoms with Crippen LogP contribution in [0.25, 0.3) is 0 Å². The number of aryl methyl sites for hydroxylation is 1. The fourth-order valence-corrected chi connectivity index (χ4v) is 2.96. The second-order valence-electron chi connectivity index (χ2n) is 6.18. The highest BCUT2D eigenvalue weighted by molar-refractivity contribution is 5.20. The van der Waals surface area contributed by atoms with E-state index in [1.54, 1.807) is 0 Å². The molecule has 1 aromatic rings. The minimum atomic E-state index is 0.422. The molecule has 0 radical (unpaired) electrons. The Balaban J connectivity index is 1.79. The van der Waals surface area contributed by atoms with Crippen LogP contribution in [0.1, 0.15) is 63.0 Å². The van der Waals surface area contributed by atoms with Gasteiger partial charge in [-0.25, -0.2) is 0 Å². The molecule has 1 N–H and O–H groups in total.